The number of rotatable bonds is 6. The first-order chi connectivity index (χ1) is 16.4. The first-order valence-corrected chi connectivity index (χ1v) is 12.5. The summed E-state index contributed by atoms with van der Waals surface area (Å²) in [5.74, 6) is -0.348. The van der Waals surface area contributed by atoms with Crippen LogP contribution in [0.25, 0.3) is 5.69 Å². The topological polar surface area (TPSA) is 84.3 Å². The van der Waals surface area contributed by atoms with E-state index in [1.807, 2.05) is 41.1 Å². The Morgan fingerprint density at radius 1 is 0.941 bits per heavy atom. The van der Waals surface area contributed by atoms with Crippen LogP contribution >= 0.6 is 0 Å². The van der Waals surface area contributed by atoms with Crippen LogP contribution in [0.4, 0.5) is 11.4 Å². The summed E-state index contributed by atoms with van der Waals surface area (Å²) in [5, 5.41) is 7.46. The third-order valence-corrected chi connectivity index (χ3v) is 7.80. The van der Waals surface area contributed by atoms with E-state index in [2.05, 4.69) is 10.4 Å². The molecule has 172 valence electrons. The van der Waals surface area contributed by atoms with Crippen LogP contribution in [0.1, 0.15) is 28.2 Å². The molecule has 34 heavy (non-hydrogen) atoms. The van der Waals surface area contributed by atoms with Crippen molar-refractivity contribution >= 4 is 27.3 Å². The number of carbonyl (C=O) groups is 1. The van der Waals surface area contributed by atoms with Gasteiger partial charge in [-0.1, -0.05) is 42.5 Å². The summed E-state index contributed by atoms with van der Waals surface area (Å²) in [4.78, 5) is 13.3. The number of nitrogens with one attached hydrogen (secondary N) is 1. The summed E-state index contributed by atoms with van der Waals surface area (Å²) in [6, 6.07) is 24.9. The van der Waals surface area contributed by atoms with Crippen LogP contribution < -0.4 is 9.62 Å². The summed E-state index contributed by atoms with van der Waals surface area (Å²) in [7, 11) is -2.28. The molecule has 0 saturated heterocycles. The van der Waals surface area contributed by atoms with E-state index in [0.717, 1.165) is 36.2 Å². The molecule has 1 heterocycles. The first kappa shape index (κ1) is 21.9. The van der Waals surface area contributed by atoms with Gasteiger partial charge in [-0.2, -0.15) is 5.10 Å². The smallest absolute Gasteiger partial charge is 0.276 e. The van der Waals surface area contributed by atoms with Crippen molar-refractivity contribution in [1.82, 2.24) is 9.78 Å². The van der Waals surface area contributed by atoms with Crippen LogP contribution in [-0.4, -0.2) is 31.2 Å². The molecule has 0 unspecified atom stereocenters. The number of benzene rings is 3. The third-order valence-electron chi connectivity index (χ3n) is 6.02. The van der Waals surface area contributed by atoms with Crippen LogP contribution in [0.2, 0.25) is 0 Å². The standard InChI is InChI=1S/C26H24N4O3S/c1-29(20-11-4-2-5-12-20)34(32,33)22-15-8-10-19(18-22)27-26(31)25-23-16-9-17-24(23)30(28-25)21-13-6-3-7-14-21/h2-8,10-15,18H,9,16-17H2,1H3,(H,27,31). The molecule has 0 radical (unpaired) electrons. The molecule has 1 aromatic heterocycles. The van der Waals surface area contributed by atoms with Gasteiger partial charge in [0.15, 0.2) is 5.69 Å². The van der Waals surface area contributed by atoms with E-state index >= 15 is 0 Å². The van der Waals surface area contributed by atoms with E-state index in [1.165, 1.54) is 23.5 Å². The molecule has 4 aromatic rings. The second kappa shape index (κ2) is 8.79. The second-order valence-electron chi connectivity index (χ2n) is 8.16. The largest absolute Gasteiger partial charge is 0.321 e. The lowest BCUT2D eigenvalue weighted by Crippen LogP contribution is -2.26. The predicted molar refractivity (Wildman–Crippen MR) is 132 cm³/mol. The van der Waals surface area contributed by atoms with Crippen molar-refractivity contribution < 1.29 is 13.2 Å². The Bertz CT molecular complexity index is 1450. The zero-order valence-electron chi connectivity index (χ0n) is 18.7. The van der Waals surface area contributed by atoms with Gasteiger partial charge >= 0.3 is 0 Å². The molecule has 0 atom stereocenters. The summed E-state index contributed by atoms with van der Waals surface area (Å²) in [6.07, 6.45) is 2.63. The van der Waals surface area contributed by atoms with E-state index in [9.17, 15) is 13.2 Å². The predicted octanol–water partition coefficient (Wildman–Crippen LogP) is 4.44. The average Bonchev–Trinajstić information content (AvgIpc) is 3.48. The van der Waals surface area contributed by atoms with Gasteiger partial charge in [-0.15, -0.1) is 0 Å². The van der Waals surface area contributed by atoms with E-state index in [1.54, 1.807) is 36.4 Å². The van der Waals surface area contributed by atoms with Crippen LogP contribution in [-0.2, 0) is 22.9 Å². The molecular weight excluding hydrogens is 448 g/mol. The SMILES string of the molecule is CN(c1ccccc1)S(=O)(=O)c1cccc(NC(=O)c2nn(-c3ccccc3)c3c2CCC3)c1. The van der Waals surface area contributed by atoms with E-state index < -0.39 is 10.0 Å². The molecule has 8 heteroatoms. The van der Waals surface area contributed by atoms with Gasteiger partial charge in [-0.05, 0) is 61.7 Å². The zero-order chi connectivity index (χ0) is 23.7. The third kappa shape index (κ3) is 3.97. The van der Waals surface area contributed by atoms with Gasteiger partial charge in [0.1, 0.15) is 0 Å². The molecule has 0 aliphatic heterocycles. The highest BCUT2D eigenvalue weighted by molar-refractivity contribution is 7.92. The maximum atomic E-state index is 13.2. The van der Waals surface area contributed by atoms with Gasteiger partial charge in [0.25, 0.3) is 15.9 Å². The van der Waals surface area contributed by atoms with Gasteiger partial charge in [-0.25, -0.2) is 13.1 Å². The molecule has 0 spiro atoms. The Morgan fingerprint density at radius 3 is 2.38 bits per heavy atom. The van der Waals surface area contributed by atoms with Crippen LogP contribution in [0.5, 0.6) is 0 Å². The van der Waals surface area contributed by atoms with Crippen molar-refractivity contribution in [2.45, 2.75) is 24.2 Å². The van der Waals surface area contributed by atoms with Crippen molar-refractivity contribution in [3.63, 3.8) is 0 Å². The first-order valence-electron chi connectivity index (χ1n) is 11.1. The molecule has 1 aliphatic rings. The van der Waals surface area contributed by atoms with Gasteiger partial charge in [0.05, 0.1) is 16.3 Å². The summed E-state index contributed by atoms with van der Waals surface area (Å²) >= 11 is 0. The number of hydrogen-bond acceptors (Lipinski definition) is 4. The van der Waals surface area contributed by atoms with Crippen molar-refractivity contribution in [1.29, 1.82) is 0 Å². The maximum absolute atomic E-state index is 13.2. The molecule has 0 bridgehead atoms. The lowest BCUT2D eigenvalue weighted by molar-refractivity contribution is 0.102. The van der Waals surface area contributed by atoms with Crippen molar-refractivity contribution in [2.24, 2.45) is 0 Å². The minimum absolute atomic E-state index is 0.0942. The Labute approximate surface area is 198 Å². The van der Waals surface area contributed by atoms with Crippen LogP contribution in [0, 0.1) is 0 Å². The van der Waals surface area contributed by atoms with E-state index in [-0.39, 0.29) is 10.8 Å². The number of carbonyl (C=O) groups excluding carboxylic acids is 1. The number of nitrogens with zero attached hydrogens (tertiary/aromatic N) is 3. The molecule has 1 amide bonds. The molecule has 5 rings (SSSR count). The van der Waals surface area contributed by atoms with Crippen molar-refractivity contribution in [3.8, 4) is 5.69 Å². The van der Waals surface area contributed by atoms with Gasteiger partial charge in [0.2, 0.25) is 0 Å². The minimum Gasteiger partial charge on any atom is -0.321 e. The average molecular weight is 473 g/mol. The highest BCUT2D eigenvalue weighted by atomic mass is 32.2. The molecule has 1 aliphatic carbocycles. The fraction of sp³-hybridized carbons (Fsp3) is 0.154. The minimum atomic E-state index is -3.79. The Morgan fingerprint density at radius 2 is 1.65 bits per heavy atom. The Hall–Kier alpha value is -3.91. The molecule has 0 saturated carbocycles. The van der Waals surface area contributed by atoms with E-state index in [0.29, 0.717) is 17.1 Å². The summed E-state index contributed by atoms with van der Waals surface area (Å²) in [5.41, 5.74) is 4.25. The highest BCUT2D eigenvalue weighted by Crippen LogP contribution is 2.29. The number of hydrogen-bond donors (Lipinski definition) is 1. The number of aromatic nitrogens is 2. The fourth-order valence-electron chi connectivity index (χ4n) is 4.26. The number of anilines is 2. The van der Waals surface area contributed by atoms with Gasteiger partial charge in [-0.3, -0.25) is 9.10 Å². The number of sulfonamides is 1. The number of para-hydroxylation sites is 2. The lowest BCUT2D eigenvalue weighted by Gasteiger charge is -2.19. The van der Waals surface area contributed by atoms with Crippen molar-refractivity contribution in [3.05, 3.63) is 102 Å². The molecular formula is C26H24N4O3S. The quantitative estimate of drug-likeness (QED) is 0.450. The molecule has 1 N–H and O–H groups in total. The van der Waals surface area contributed by atoms with Gasteiger partial charge < -0.3 is 5.32 Å². The Balaban J connectivity index is 1.42. The zero-order valence-corrected chi connectivity index (χ0v) is 19.5. The summed E-state index contributed by atoms with van der Waals surface area (Å²) in [6.45, 7) is 0. The normalized spacial score (nSPS) is 12.9. The lowest BCUT2D eigenvalue weighted by atomic mass is 10.2. The van der Waals surface area contributed by atoms with Crippen molar-refractivity contribution in [2.75, 3.05) is 16.7 Å². The van der Waals surface area contributed by atoms with Gasteiger partial charge in [0, 0.05) is 24.0 Å². The maximum Gasteiger partial charge on any atom is 0.276 e. The highest BCUT2D eigenvalue weighted by Gasteiger charge is 2.27. The molecule has 0 fully saturated rings. The second-order valence-corrected chi connectivity index (χ2v) is 10.1. The Kier molecular flexibility index (Phi) is 5.67. The molecule has 7 nitrogen and oxygen atoms in total. The molecule has 3 aromatic carbocycles. The fourth-order valence-corrected chi connectivity index (χ4v) is 5.50. The summed E-state index contributed by atoms with van der Waals surface area (Å²) < 4.78 is 29.4. The number of fused-ring (bicyclic) bond motifs is 1. The number of amides is 1. The van der Waals surface area contributed by atoms with Crippen LogP contribution in [0.15, 0.2) is 89.8 Å². The van der Waals surface area contributed by atoms with E-state index in [4.69, 9.17) is 0 Å². The monoisotopic (exact) mass is 472 g/mol. The van der Waals surface area contributed by atoms with Crippen LogP contribution in [0.3, 0.4) is 0 Å².